The van der Waals surface area contributed by atoms with Crippen LogP contribution in [-0.2, 0) is 0 Å². The van der Waals surface area contributed by atoms with Gasteiger partial charge in [-0.2, -0.15) is 0 Å². The molecule has 0 aromatic carbocycles. The Morgan fingerprint density at radius 1 is 1.57 bits per heavy atom. The van der Waals surface area contributed by atoms with Crippen molar-refractivity contribution >= 4 is 11.7 Å². The van der Waals surface area contributed by atoms with Gasteiger partial charge in [0.05, 0.1) is 16.8 Å². The zero-order chi connectivity index (χ0) is 10.7. The number of rotatable bonds is 2. The molecule has 0 atom stereocenters. The molecule has 0 aliphatic heterocycles. The lowest BCUT2D eigenvalue weighted by atomic mass is 10.1. The molecular formula is C8H8N2O4. The smallest absolute Gasteiger partial charge is 0.337 e. The van der Waals surface area contributed by atoms with E-state index in [1.807, 2.05) is 0 Å². The number of aromatic amines is 1. The molecule has 0 saturated heterocycles. The standard InChI is InChI=1S/C8H8N2O4/c1-4(10-14)6-2-5(8(12)13)3-9-7(6)11/h2-3,14H,1H3,(H,9,11)(H,12,13)/b10-4+. The molecule has 1 aromatic rings. The van der Waals surface area contributed by atoms with Crippen LogP contribution in [0.1, 0.15) is 22.8 Å². The molecule has 1 heterocycles. The molecule has 0 aliphatic rings. The van der Waals surface area contributed by atoms with Crippen LogP contribution in [0.5, 0.6) is 0 Å². The monoisotopic (exact) mass is 196 g/mol. The van der Waals surface area contributed by atoms with Gasteiger partial charge in [0.25, 0.3) is 5.56 Å². The predicted octanol–water partition coefficient (Wildman–Crippen LogP) is 0.271. The highest BCUT2D eigenvalue weighted by molar-refractivity contribution is 5.99. The zero-order valence-electron chi connectivity index (χ0n) is 7.31. The SMILES string of the molecule is C/C(=N\O)c1cc(C(=O)O)c[nH]c1=O. The summed E-state index contributed by atoms with van der Waals surface area (Å²) < 4.78 is 0. The number of aromatic nitrogens is 1. The fourth-order valence-corrected chi connectivity index (χ4v) is 0.930. The zero-order valence-corrected chi connectivity index (χ0v) is 7.31. The van der Waals surface area contributed by atoms with Crippen LogP contribution in [0.15, 0.2) is 22.2 Å². The van der Waals surface area contributed by atoms with Crippen molar-refractivity contribution < 1.29 is 15.1 Å². The third-order valence-electron chi connectivity index (χ3n) is 1.69. The molecule has 0 saturated carbocycles. The van der Waals surface area contributed by atoms with E-state index in [0.29, 0.717) is 0 Å². The van der Waals surface area contributed by atoms with Crippen molar-refractivity contribution in [2.24, 2.45) is 5.16 Å². The number of pyridine rings is 1. The van der Waals surface area contributed by atoms with Crippen LogP contribution >= 0.6 is 0 Å². The minimum atomic E-state index is -1.16. The van der Waals surface area contributed by atoms with Crippen LogP contribution in [-0.4, -0.2) is 27.0 Å². The fourth-order valence-electron chi connectivity index (χ4n) is 0.930. The molecular weight excluding hydrogens is 188 g/mol. The molecule has 6 heteroatoms. The van der Waals surface area contributed by atoms with Crippen LogP contribution < -0.4 is 5.56 Å². The van der Waals surface area contributed by atoms with Crippen LogP contribution in [0.4, 0.5) is 0 Å². The van der Waals surface area contributed by atoms with Crippen molar-refractivity contribution in [2.75, 3.05) is 0 Å². The summed E-state index contributed by atoms with van der Waals surface area (Å²) in [6.07, 6.45) is 1.08. The van der Waals surface area contributed by atoms with Gasteiger partial charge in [0, 0.05) is 6.20 Å². The maximum atomic E-state index is 11.2. The molecule has 0 amide bonds. The summed E-state index contributed by atoms with van der Waals surface area (Å²) in [6.45, 7) is 1.40. The first-order chi connectivity index (χ1) is 6.56. The van der Waals surface area contributed by atoms with Gasteiger partial charge in [-0.1, -0.05) is 5.16 Å². The van der Waals surface area contributed by atoms with Gasteiger partial charge >= 0.3 is 5.97 Å². The Hall–Kier alpha value is -2.11. The van der Waals surface area contributed by atoms with E-state index in [4.69, 9.17) is 10.3 Å². The number of carboxylic acid groups (broad SMARTS) is 1. The number of oxime groups is 1. The van der Waals surface area contributed by atoms with Crippen molar-refractivity contribution in [3.63, 3.8) is 0 Å². The molecule has 0 fully saturated rings. The summed E-state index contributed by atoms with van der Waals surface area (Å²) in [5.41, 5.74) is -0.463. The summed E-state index contributed by atoms with van der Waals surface area (Å²) in [5.74, 6) is -1.16. The molecule has 74 valence electrons. The molecule has 0 unspecified atom stereocenters. The molecule has 1 aromatic heterocycles. The van der Waals surface area contributed by atoms with Crippen molar-refractivity contribution in [1.82, 2.24) is 4.98 Å². The molecule has 1 rings (SSSR count). The van der Waals surface area contributed by atoms with Gasteiger partial charge in [-0.05, 0) is 13.0 Å². The number of H-pyrrole nitrogens is 1. The minimum absolute atomic E-state index is 0.0346. The third kappa shape index (κ3) is 1.79. The summed E-state index contributed by atoms with van der Waals surface area (Å²) in [7, 11) is 0. The largest absolute Gasteiger partial charge is 0.478 e. The number of carbonyl (C=O) groups is 1. The van der Waals surface area contributed by atoms with E-state index in [1.54, 1.807) is 0 Å². The molecule has 6 nitrogen and oxygen atoms in total. The predicted molar refractivity (Wildman–Crippen MR) is 48.0 cm³/mol. The van der Waals surface area contributed by atoms with E-state index in [2.05, 4.69) is 10.1 Å². The number of nitrogens with zero attached hydrogens (tertiary/aromatic N) is 1. The van der Waals surface area contributed by atoms with Crippen LogP contribution in [0.25, 0.3) is 0 Å². The van der Waals surface area contributed by atoms with E-state index in [9.17, 15) is 9.59 Å². The topological polar surface area (TPSA) is 103 Å². The summed E-state index contributed by atoms with van der Waals surface area (Å²) in [5, 5.41) is 19.9. The Morgan fingerprint density at radius 2 is 2.21 bits per heavy atom. The maximum absolute atomic E-state index is 11.2. The molecule has 14 heavy (non-hydrogen) atoms. The van der Waals surface area contributed by atoms with Gasteiger partial charge in [0.1, 0.15) is 0 Å². The Kier molecular flexibility index (Phi) is 2.66. The number of hydrogen-bond acceptors (Lipinski definition) is 4. The summed E-state index contributed by atoms with van der Waals surface area (Å²) in [4.78, 5) is 23.9. The Balaban J connectivity index is 3.36. The van der Waals surface area contributed by atoms with E-state index >= 15 is 0 Å². The third-order valence-corrected chi connectivity index (χ3v) is 1.69. The molecule has 0 spiro atoms. The van der Waals surface area contributed by atoms with Crippen molar-refractivity contribution in [2.45, 2.75) is 6.92 Å². The number of hydrogen-bond donors (Lipinski definition) is 3. The van der Waals surface area contributed by atoms with Gasteiger partial charge in [0.15, 0.2) is 0 Å². The first-order valence-corrected chi connectivity index (χ1v) is 3.71. The van der Waals surface area contributed by atoms with Crippen molar-refractivity contribution in [3.05, 3.63) is 33.7 Å². The van der Waals surface area contributed by atoms with Crippen LogP contribution in [0.3, 0.4) is 0 Å². The number of carboxylic acids is 1. The van der Waals surface area contributed by atoms with E-state index in [0.717, 1.165) is 12.3 Å². The number of nitrogens with one attached hydrogen (secondary N) is 1. The lowest BCUT2D eigenvalue weighted by Gasteiger charge is -1.98. The van der Waals surface area contributed by atoms with Gasteiger partial charge in [-0.25, -0.2) is 4.79 Å². The van der Waals surface area contributed by atoms with Crippen LogP contribution in [0, 0.1) is 0 Å². The normalized spacial score (nSPS) is 11.4. The molecule has 0 aliphatic carbocycles. The highest BCUT2D eigenvalue weighted by Gasteiger charge is 2.09. The molecule has 3 N–H and O–H groups in total. The van der Waals surface area contributed by atoms with Crippen molar-refractivity contribution in [3.8, 4) is 0 Å². The Labute approximate surface area is 78.5 Å². The Bertz CT molecular complexity index is 447. The average molecular weight is 196 g/mol. The summed E-state index contributed by atoms with van der Waals surface area (Å²) >= 11 is 0. The number of aromatic carboxylic acids is 1. The maximum Gasteiger partial charge on any atom is 0.337 e. The lowest BCUT2D eigenvalue weighted by molar-refractivity contribution is 0.0696. The minimum Gasteiger partial charge on any atom is -0.478 e. The Morgan fingerprint density at radius 3 is 2.71 bits per heavy atom. The van der Waals surface area contributed by atoms with E-state index in [1.165, 1.54) is 6.92 Å². The van der Waals surface area contributed by atoms with Gasteiger partial charge in [-0.15, -0.1) is 0 Å². The molecule has 0 radical (unpaired) electrons. The average Bonchev–Trinajstić information content (AvgIpc) is 2.17. The first kappa shape index (κ1) is 9.97. The second-order valence-electron chi connectivity index (χ2n) is 2.62. The fraction of sp³-hybridized carbons (Fsp3) is 0.125. The second-order valence-corrected chi connectivity index (χ2v) is 2.62. The lowest BCUT2D eigenvalue weighted by Crippen LogP contribution is -2.17. The van der Waals surface area contributed by atoms with Gasteiger partial charge in [-0.3, -0.25) is 4.79 Å². The second kappa shape index (κ2) is 3.73. The van der Waals surface area contributed by atoms with Gasteiger partial charge < -0.3 is 15.3 Å². The first-order valence-electron chi connectivity index (χ1n) is 3.71. The van der Waals surface area contributed by atoms with Crippen LogP contribution in [0.2, 0.25) is 0 Å². The molecule has 0 bridgehead atoms. The quantitative estimate of drug-likeness (QED) is 0.359. The van der Waals surface area contributed by atoms with Crippen molar-refractivity contribution in [1.29, 1.82) is 0 Å². The highest BCUT2D eigenvalue weighted by atomic mass is 16.4. The van der Waals surface area contributed by atoms with E-state index < -0.39 is 11.5 Å². The van der Waals surface area contributed by atoms with Gasteiger partial charge in [0.2, 0.25) is 0 Å². The van der Waals surface area contributed by atoms with E-state index in [-0.39, 0.29) is 16.8 Å². The highest BCUT2D eigenvalue weighted by Crippen LogP contribution is 1.99. The summed E-state index contributed by atoms with van der Waals surface area (Å²) in [6, 6.07) is 1.15.